The number of alkyl halides is 4. The summed E-state index contributed by atoms with van der Waals surface area (Å²) < 4.78 is 48.6. The van der Waals surface area contributed by atoms with Crippen LogP contribution < -0.4 is 0 Å². The van der Waals surface area contributed by atoms with Crippen LogP contribution in [-0.4, -0.2) is 62.9 Å². The zero-order valence-corrected chi connectivity index (χ0v) is 8.60. The topological polar surface area (TPSA) is 6.48 Å². The molecule has 0 aromatic rings. The lowest BCUT2D eigenvalue weighted by atomic mass is 10.3. The van der Waals surface area contributed by atoms with E-state index in [2.05, 4.69) is 0 Å². The van der Waals surface area contributed by atoms with Crippen LogP contribution in [0.25, 0.3) is 0 Å². The Bertz CT molecular complexity index is 161. The standard InChI is InChI=1S/C8H16F4N2/c1-13(2)4-5-14(3)6-8(11,12)7(9)10/h7H,4-6H2,1-3H3. The molecule has 0 radical (unpaired) electrons. The molecular formula is C8H16F4N2. The van der Waals surface area contributed by atoms with Crippen LogP contribution in [0.3, 0.4) is 0 Å². The predicted octanol–water partition coefficient (Wildman–Crippen LogP) is 1.38. The van der Waals surface area contributed by atoms with Crippen molar-refractivity contribution in [2.45, 2.75) is 12.3 Å². The summed E-state index contributed by atoms with van der Waals surface area (Å²) in [5.41, 5.74) is 0. The monoisotopic (exact) mass is 216 g/mol. The van der Waals surface area contributed by atoms with Crippen molar-refractivity contribution in [3.63, 3.8) is 0 Å². The van der Waals surface area contributed by atoms with Gasteiger partial charge in [-0.3, -0.25) is 4.90 Å². The molecule has 0 aliphatic rings. The molecule has 0 atom stereocenters. The first kappa shape index (κ1) is 13.6. The van der Waals surface area contributed by atoms with E-state index in [1.165, 1.54) is 11.9 Å². The summed E-state index contributed by atoms with van der Waals surface area (Å²) in [6.07, 6.45) is -3.59. The number of hydrogen-bond acceptors (Lipinski definition) is 2. The molecule has 0 bridgehead atoms. The molecular weight excluding hydrogens is 200 g/mol. The van der Waals surface area contributed by atoms with Crippen LogP contribution in [0.4, 0.5) is 17.6 Å². The van der Waals surface area contributed by atoms with Crippen LogP contribution in [-0.2, 0) is 0 Å². The van der Waals surface area contributed by atoms with Gasteiger partial charge in [0.2, 0.25) is 0 Å². The number of hydrogen-bond donors (Lipinski definition) is 0. The molecule has 0 heterocycles. The Balaban J connectivity index is 3.87. The van der Waals surface area contributed by atoms with Crippen LogP contribution in [0.2, 0.25) is 0 Å². The summed E-state index contributed by atoms with van der Waals surface area (Å²) in [7, 11) is 4.98. The van der Waals surface area contributed by atoms with Gasteiger partial charge in [-0.15, -0.1) is 0 Å². The third-order valence-corrected chi connectivity index (χ3v) is 1.73. The second-order valence-corrected chi connectivity index (χ2v) is 3.60. The largest absolute Gasteiger partial charge is 0.319 e. The lowest BCUT2D eigenvalue weighted by Crippen LogP contribution is -2.42. The molecule has 0 aliphatic carbocycles. The summed E-state index contributed by atoms with van der Waals surface area (Å²) in [6.45, 7) is 0.00361. The van der Waals surface area contributed by atoms with E-state index in [1.807, 2.05) is 0 Å². The summed E-state index contributed by atoms with van der Waals surface area (Å²) in [6, 6.07) is 0. The van der Waals surface area contributed by atoms with Gasteiger partial charge in [-0.25, -0.2) is 8.78 Å². The first-order valence-corrected chi connectivity index (χ1v) is 4.25. The van der Waals surface area contributed by atoms with E-state index in [9.17, 15) is 17.6 Å². The van der Waals surface area contributed by atoms with Crippen LogP contribution in [0.1, 0.15) is 0 Å². The lowest BCUT2D eigenvalue weighted by molar-refractivity contribution is -0.139. The van der Waals surface area contributed by atoms with Gasteiger partial charge in [0, 0.05) is 13.1 Å². The molecule has 0 saturated heterocycles. The van der Waals surface area contributed by atoms with E-state index in [0.717, 1.165) is 0 Å². The van der Waals surface area contributed by atoms with Gasteiger partial charge >= 0.3 is 12.3 Å². The Hall–Kier alpha value is -0.360. The molecule has 6 heteroatoms. The van der Waals surface area contributed by atoms with Gasteiger partial charge in [0.1, 0.15) is 0 Å². The maximum atomic E-state index is 12.5. The van der Waals surface area contributed by atoms with Crippen LogP contribution in [0.5, 0.6) is 0 Å². The van der Waals surface area contributed by atoms with E-state index in [0.29, 0.717) is 13.1 Å². The molecule has 0 saturated carbocycles. The molecule has 0 spiro atoms. The summed E-state index contributed by atoms with van der Waals surface area (Å²) in [5, 5.41) is 0. The third-order valence-electron chi connectivity index (χ3n) is 1.73. The van der Waals surface area contributed by atoms with Crippen molar-refractivity contribution in [2.75, 3.05) is 40.8 Å². The maximum Gasteiger partial charge on any atom is 0.319 e. The molecule has 0 rings (SSSR count). The predicted molar refractivity (Wildman–Crippen MR) is 47.0 cm³/mol. The second kappa shape index (κ2) is 5.50. The fraction of sp³-hybridized carbons (Fsp3) is 1.00. The van der Waals surface area contributed by atoms with Crippen molar-refractivity contribution in [1.29, 1.82) is 0 Å². The molecule has 0 fully saturated rings. The number of likely N-dealkylation sites (N-methyl/N-ethyl adjacent to an activating group) is 2. The highest BCUT2D eigenvalue weighted by molar-refractivity contribution is 4.73. The number of nitrogens with zero attached hydrogens (tertiary/aromatic N) is 2. The zero-order chi connectivity index (χ0) is 11.4. The van der Waals surface area contributed by atoms with Crippen molar-refractivity contribution in [3.05, 3.63) is 0 Å². The van der Waals surface area contributed by atoms with Crippen LogP contribution in [0, 0.1) is 0 Å². The molecule has 14 heavy (non-hydrogen) atoms. The SMILES string of the molecule is CN(C)CCN(C)CC(F)(F)C(F)F. The number of halogens is 4. The zero-order valence-electron chi connectivity index (χ0n) is 8.60. The van der Waals surface area contributed by atoms with Gasteiger partial charge in [-0.1, -0.05) is 0 Å². The Morgan fingerprint density at radius 3 is 1.93 bits per heavy atom. The minimum Gasteiger partial charge on any atom is -0.308 e. The van der Waals surface area contributed by atoms with Gasteiger partial charge in [-0.2, -0.15) is 8.78 Å². The molecule has 0 aromatic heterocycles. The average molecular weight is 216 g/mol. The van der Waals surface area contributed by atoms with Gasteiger partial charge in [0.25, 0.3) is 0 Å². The fourth-order valence-electron chi connectivity index (χ4n) is 0.879. The molecule has 2 nitrogen and oxygen atoms in total. The Labute approximate surface area is 81.5 Å². The van der Waals surface area contributed by atoms with Gasteiger partial charge < -0.3 is 4.90 Å². The maximum absolute atomic E-state index is 12.5. The smallest absolute Gasteiger partial charge is 0.308 e. The first-order valence-electron chi connectivity index (χ1n) is 4.25. The first-order chi connectivity index (χ1) is 6.25. The van der Waals surface area contributed by atoms with Gasteiger partial charge in [-0.05, 0) is 21.1 Å². The summed E-state index contributed by atoms with van der Waals surface area (Å²) in [4.78, 5) is 3.00. The number of rotatable bonds is 6. The highest BCUT2D eigenvalue weighted by Gasteiger charge is 2.41. The normalized spacial score (nSPS) is 13.3. The summed E-state index contributed by atoms with van der Waals surface area (Å²) in [5.74, 6) is -3.92. The van der Waals surface area contributed by atoms with Crippen LogP contribution >= 0.6 is 0 Å². The van der Waals surface area contributed by atoms with Gasteiger partial charge in [0.05, 0.1) is 6.54 Å². The molecule has 0 amide bonds. The third kappa shape index (κ3) is 5.39. The van der Waals surface area contributed by atoms with Crippen molar-refractivity contribution < 1.29 is 17.6 Å². The summed E-state index contributed by atoms with van der Waals surface area (Å²) >= 11 is 0. The Morgan fingerprint density at radius 1 is 1.07 bits per heavy atom. The minimum atomic E-state index is -3.92. The fourth-order valence-corrected chi connectivity index (χ4v) is 0.879. The van der Waals surface area contributed by atoms with Crippen molar-refractivity contribution in [2.24, 2.45) is 0 Å². The minimum absolute atomic E-state index is 0.343. The van der Waals surface area contributed by atoms with E-state index >= 15 is 0 Å². The van der Waals surface area contributed by atoms with Crippen molar-refractivity contribution in [3.8, 4) is 0 Å². The van der Waals surface area contributed by atoms with Crippen LogP contribution in [0.15, 0.2) is 0 Å². The van der Waals surface area contributed by atoms with E-state index in [-0.39, 0.29) is 0 Å². The molecule has 0 aromatic carbocycles. The van der Waals surface area contributed by atoms with E-state index < -0.39 is 18.9 Å². The Kier molecular flexibility index (Phi) is 5.36. The quantitative estimate of drug-likeness (QED) is 0.619. The lowest BCUT2D eigenvalue weighted by Gasteiger charge is -2.24. The van der Waals surface area contributed by atoms with E-state index in [4.69, 9.17) is 0 Å². The van der Waals surface area contributed by atoms with Gasteiger partial charge in [0.15, 0.2) is 0 Å². The molecule has 0 unspecified atom stereocenters. The van der Waals surface area contributed by atoms with Crippen molar-refractivity contribution >= 4 is 0 Å². The molecule has 0 aliphatic heterocycles. The Morgan fingerprint density at radius 2 is 1.57 bits per heavy atom. The molecule has 86 valence electrons. The second-order valence-electron chi connectivity index (χ2n) is 3.60. The average Bonchev–Trinajstić information content (AvgIpc) is 1.99. The van der Waals surface area contributed by atoms with E-state index in [1.54, 1.807) is 19.0 Å². The highest BCUT2D eigenvalue weighted by Crippen LogP contribution is 2.23. The highest BCUT2D eigenvalue weighted by atomic mass is 19.3. The van der Waals surface area contributed by atoms with Crippen molar-refractivity contribution in [1.82, 2.24) is 9.80 Å². The molecule has 0 N–H and O–H groups in total.